The van der Waals surface area contributed by atoms with Gasteiger partial charge in [-0.2, -0.15) is 5.10 Å². The molecule has 1 aliphatic carbocycles. The molecule has 0 aromatic carbocycles. The molecule has 19 heavy (non-hydrogen) atoms. The molecule has 1 atom stereocenters. The Hall–Kier alpha value is -2.04. The Morgan fingerprint density at radius 2 is 2.16 bits per heavy atom. The zero-order valence-corrected chi connectivity index (χ0v) is 11.6. The van der Waals surface area contributed by atoms with E-state index in [-0.39, 0.29) is 0 Å². The lowest BCUT2D eigenvalue weighted by Crippen LogP contribution is -1.97. The van der Waals surface area contributed by atoms with Crippen LogP contribution in [0.5, 0.6) is 0 Å². The minimum atomic E-state index is 0.471. The second kappa shape index (κ2) is 4.26. The van der Waals surface area contributed by atoms with Crippen LogP contribution in [0.2, 0.25) is 0 Å². The molecule has 5 heteroatoms. The Kier molecular flexibility index (Phi) is 2.69. The SMILES string of the molecule is Cc1c(C2=CCC(c3cn(C)cn3)C2)nn(C)c1N. The summed E-state index contributed by atoms with van der Waals surface area (Å²) < 4.78 is 3.75. The van der Waals surface area contributed by atoms with Gasteiger partial charge in [0.1, 0.15) is 5.82 Å². The molecule has 5 nitrogen and oxygen atoms in total. The van der Waals surface area contributed by atoms with Crippen molar-refractivity contribution in [3.05, 3.63) is 35.6 Å². The summed E-state index contributed by atoms with van der Waals surface area (Å²) in [4.78, 5) is 4.45. The van der Waals surface area contributed by atoms with Crippen LogP contribution < -0.4 is 5.73 Å². The molecule has 0 bridgehead atoms. The van der Waals surface area contributed by atoms with Crippen molar-refractivity contribution in [2.75, 3.05) is 5.73 Å². The van der Waals surface area contributed by atoms with Crippen LogP contribution in [0.25, 0.3) is 5.57 Å². The highest BCUT2D eigenvalue weighted by molar-refractivity contribution is 5.71. The third-order valence-corrected chi connectivity index (χ3v) is 3.90. The predicted molar refractivity (Wildman–Crippen MR) is 75.5 cm³/mol. The number of imidazole rings is 1. The van der Waals surface area contributed by atoms with Crippen LogP contribution in [0.3, 0.4) is 0 Å². The van der Waals surface area contributed by atoms with Crippen LogP contribution in [0.1, 0.15) is 35.7 Å². The Labute approximate surface area is 112 Å². The van der Waals surface area contributed by atoms with Crippen molar-refractivity contribution in [2.24, 2.45) is 14.1 Å². The minimum absolute atomic E-state index is 0.471. The molecular weight excluding hydrogens is 238 g/mol. The molecule has 0 aliphatic heterocycles. The fourth-order valence-electron chi connectivity index (χ4n) is 2.73. The highest BCUT2D eigenvalue weighted by atomic mass is 15.3. The number of aryl methyl sites for hydroxylation is 2. The van der Waals surface area contributed by atoms with Crippen LogP contribution >= 0.6 is 0 Å². The van der Waals surface area contributed by atoms with Gasteiger partial charge in [-0.15, -0.1) is 0 Å². The van der Waals surface area contributed by atoms with E-state index in [0.717, 1.165) is 35.6 Å². The highest BCUT2D eigenvalue weighted by Gasteiger charge is 2.24. The van der Waals surface area contributed by atoms with Gasteiger partial charge in [0, 0.05) is 31.8 Å². The topological polar surface area (TPSA) is 61.7 Å². The second-order valence-corrected chi connectivity index (χ2v) is 5.31. The van der Waals surface area contributed by atoms with Crippen molar-refractivity contribution in [1.82, 2.24) is 19.3 Å². The van der Waals surface area contributed by atoms with E-state index in [0.29, 0.717) is 5.92 Å². The van der Waals surface area contributed by atoms with E-state index in [4.69, 9.17) is 5.73 Å². The largest absolute Gasteiger partial charge is 0.384 e. The average Bonchev–Trinajstić information content (AvgIpc) is 3.06. The first kappa shape index (κ1) is 12.0. The third-order valence-electron chi connectivity index (χ3n) is 3.90. The van der Waals surface area contributed by atoms with Gasteiger partial charge in [0.25, 0.3) is 0 Å². The van der Waals surface area contributed by atoms with Crippen molar-refractivity contribution in [1.29, 1.82) is 0 Å². The maximum absolute atomic E-state index is 5.98. The number of aromatic nitrogens is 4. The van der Waals surface area contributed by atoms with Gasteiger partial charge in [-0.3, -0.25) is 4.68 Å². The number of hydrogen-bond acceptors (Lipinski definition) is 3. The molecule has 2 N–H and O–H groups in total. The van der Waals surface area contributed by atoms with Gasteiger partial charge in [0.2, 0.25) is 0 Å². The monoisotopic (exact) mass is 257 g/mol. The number of nitrogens with two attached hydrogens (primary N) is 1. The van der Waals surface area contributed by atoms with E-state index in [1.54, 1.807) is 4.68 Å². The van der Waals surface area contributed by atoms with E-state index < -0.39 is 0 Å². The molecule has 100 valence electrons. The number of anilines is 1. The lowest BCUT2D eigenvalue weighted by atomic mass is 10.00. The molecule has 0 saturated carbocycles. The molecule has 2 aromatic heterocycles. The van der Waals surface area contributed by atoms with Crippen molar-refractivity contribution in [3.8, 4) is 0 Å². The third kappa shape index (κ3) is 1.95. The van der Waals surface area contributed by atoms with Gasteiger partial charge in [0.15, 0.2) is 0 Å². The van der Waals surface area contributed by atoms with E-state index in [1.807, 2.05) is 31.9 Å². The second-order valence-electron chi connectivity index (χ2n) is 5.31. The van der Waals surface area contributed by atoms with Crippen molar-refractivity contribution >= 4 is 11.4 Å². The predicted octanol–water partition coefficient (Wildman–Crippen LogP) is 2.01. The van der Waals surface area contributed by atoms with Crippen molar-refractivity contribution in [2.45, 2.75) is 25.7 Å². The molecule has 0 spiro atoms. The molecule has 3 rings (SSSR count). The summed E-state index contributed by atoms with van der Waals surface area (Å²) in [5, 5.41) is 4.52. The lowest BCUT2D eigenvalue weighted by molar-refractivity contribution is 0.729. The number of nitrogen functional groups attached to an aromatic ring is 1. The average molecular weight is 257 g/mol. The van der Waals surface area contributed by atoms with Gasteiger partial charge in [0.05, 0.1) is 17.7 Å². The first-order valence-electron chi connectivity index (χ1n) is 6.52. The maximum atomic E-state index is 5.98. The standard InChI is InChI=1S/C14H19N5/c1-9-13(17-19(3)14(9)15)11-5-4-10(6-11)12-7-18(2)8-16-12/h5,7-8,10H,4,6,15H2,1-3H3. The summed E-state index contributed by atoms with van der Waals surface area (Å²) >= 11 is 0. The summed E-state index contributed by atoms with van der Waals surface area (Å²) in [6, 6.07) is 0. The zero-order valence-electron chi connectivity index (χ0n) is 11.6. The van der Waals surface area contributed by atoms with E-state index in [1.165, 1.54) is 5.57 Å². The highest BCUT2D eigenvalue weighted by Crippen LogP contribution is 2.39. The Morgan fingerprint density at radius 1 is 1.37 bits per heavy atom. The first-order chi connectivity index (χ1) is 9.06. The number of rotatable bonds is 2. The fraction of sp³-hybridized carbons (Fsp3) is 0.429. The van der Waals surface area contributed by atoms with Crippen molar-refractivity contribution in [3.63, 3.8) is 0 Å². The molecule has 0 saturated heterocycles. The summed E-state index contributed by atoms with van der Waals surface area (Å²) in [5.74, 6) is 1.22. The summed E-state index contributed by atoms with van der Waals surface area (Å²) in [5.41, 5.74) is 10.6. The zero-order chi connectivity index (χ0) is 13.6. The molecule has 0 fully saturated rings. The van der Waals surface area contributed by atoms with E-state index >= 15 is 0 Å². The van der Waals surface area contributed by atoms with Gasteiger partial charge < -0.3 is 10.3 Å². The van der Waals surface area contributed by atoms with Crippen molar-refractivity contribution < 1.29 is 0 Å². The Bertz CT molecular complexity index is 647. The molecule has 1 unspecified atom stereocenters. The maximum Gasteiger partial charge on any atom is 0.124 e. The normalized spacial score (nSPS) is 18.9. The van der Waals surface area contributed by atoms with Gasteiger partial charge >= 0.3 is 0 Å². The molecule has 1 aliphatic rings. The summed E-state index contributed by atoms with van der Waals surface area (Å²) in [6.07, 6.45) is 8.25. The van der Waals surface area contributed by atoms with Crippen LogP contribution in [0.15, 0.2) is 18.6 Å². The van der Waals surface area contributed by atoms with Gasteiger partial charge in [-0.25, -0.2) is 4.98 Å². The molecule has 0 radical (unpaired) electrons. The van der Waals surface area contributed by atoms with Crippen LogP contribution in [-0.4, -0.2) is 19.3 Å². The smallest absolute Gasteiger partial charge is 0.124 e. The van der Waals surface area contributed by atoms with E-state index in [2.05, 4.69) is 22.4 Å². The minimum Gasteiger partial charge on any atom is -0.384 e. The molecule has 2 heterocycles. The van der Waals surface area contributed by atoms with Crippen LogP contribution in [0, 0.1) is 6.92 Å². The lowest BCUT2D eigenvalue weighted by Gasteiger charge is -2.06. The van der Waals surface area contributed by atoms with Crippen LogP contribution in [0.4, 0.5) is 5.82 Å². The molecule has 2 aromatic rings. The molecular formula is C14H19N5. The summed E-state index contributed by atoms with van der Waals surface area (Å²) in [6.45, 7) is 2.03. The van der Waals surface area contributed by atoms with Gasteiger partial charge in [-0.05, 0) is 25.3 Å². The quantitative estimate of drug-likeness (QED) is 0.895. The van der Waals surface area contributed by atoms with E-state index in [9.17, 15) is 0 Å². The van der Waals surface area contributed by atoms with Gasteiger partial charge in [-0.1, -0.05) is 6.08 Å². The number of hydrogen-bond donors (Lipinski definition) is 1. The Morgan fingerprint density at radius 3 is 2.74 bits per heavy atom. The Balaban J connectivity index is 1.83. The number of allylic oxidation sites excluding steroid dienone is 2. The van der Waals surface area contributed by atoms with Crippen LogP contribution in [-0.2, 0) is 14.1 Å². The number of nitrogens with zero attached hydrogens (tertiary/aromatic N) is 4. The summed E-state index contributed by atoms with van der Waals surface area (Å²) in [7, 11) is 3.89. The molecule has 0 amide bonds. The first-order valence-corrected chi connectivity index (χ1v) is 6.52. The fourth-order valence-corrected chi connectivity index (χ4v) is 2.73.